The van der Waals surface area contributed by atoms with Crippen LogP contribution in [0.1, 0.15) is 5.56 Å². The second kappa shape index (κ2) is 12.4. The second-order valence-corrected chi connectivity index (χ2v) is 12.2. The quantitative estimate of drug-likeness (QED) is 0.147. The van der Waals surface area contributed by atoms with E-state index in [0.717, 1.165) is 51.4 Å². The molecule has 8 aromatic rings. The zero-order valence-corrected chi connectivity index (χ0v) is 28.0. The summed E-state index contributed by atoms with van der Waals surface area (Å²) in [6, 6.07) is 51.5. The van der Waals surface area contributed by atoms with Crippen molar-refractivity contribution in [3.8, 4) is 17.2 Å². The van der Waals surface area contributed by atoms with Gasteiger partial charge in [0.1, 0.15) is 17.2 Å². The van der Waals surface area contributed by atoms with E-state index in [2.05, 4.69) is 126 Å². The molecule has 0 spiro atoms. The van der Waals surface area contributed by atoms with Crippen LogP contribution in [0.15, 0.2) is 146 Å². The molecule has 0 saturated heterocycles. The van der Waals surface area contributed by atoms with E-state index in [4.69, 9.17) is 14.2 Å². The molecule has 0 aliphatic rings. The molecular formula is C44H36N2O3. The monoisotopic (exact) mass is 640 g/mol. The fourth-order valence-electron chi connectivity index (χ4n) is 6.90. The normalized spacial score (nSPS) is 11.3. The number of hydrogen-bond donors (Lipinski definition) is 0. The summed E-state index contributed by atoms with van der Waals surface area (Å²) in [6.45, 7) is 2.12. The third kappa shape index (κ3) is 5.30. The Labute approximate surface area is 286 Å². The van der Waals surface area contributed by atoms with Gasteiger partial charge in [-0.15, -0.1) is 0 Å². The summed E-state index contributed by atoms with van der Waals surface area (Å²) in [5.41, 5.74) is 7.65. The van der Waals surface area contributed by atoms with Gasteiger partial charge in [0, 0.05) is 33.5 Å². The first-order chi connectivity index (χ1) is 24.1. The molecule has 0 aliphatic heterocycles. The summed E-state index contributed by atoms with van der Waals surface area (Å²) in [5.74, 6) is 2.46. The maximum absolute atomic E-state index is 5.51. The van der Waals surface area contributed by atoms with Crippen LogP contribution >= 0.6 is 0 Å². The van der Waals surface area contributed by atoms with E-state index < -0.39 is 0 Å². The molecule has 0 N–H and O–H groups in total. The highest BCUT2D eigenvalue weighted by atomic mass is 16.5. The van der Waals surface area contributed by atoms with Crippen molar-refractivity contribution in [1.82, 2.24) is 0 Å². The summed E-state index contributed by atoms with van der Waals surface area (Å²) < 4.78 is 16.5. The van der Waals surface area contributed by atoms with Crippen LogP contribution in [0, 0.1) is 6.92 Å². The van der Waals surface area contributed by atoms with Gasteiger partial charge < -0.3 is 24.0 Å². The van der Waals surface area contributed by atoms with Gasteiger partial charge in [-0.05, 0) is 126 Å². The molecule has 8 rings (SSSR count). The van der Waals surface area contributed by atoms with E-state index in [1.165, 1.54) is 37.9 Å². The van der Waals surface area contributed by atoms with E-state index in [-0.39, 0.29) is 0 Å². The summed E-state index contributed by atoms with van der Waals surface area (Å²) in [4.78, 5) is 4.65. The minimum Gasteiger partial charge on any atom is -0.497 e. The molecule has 0 saturated carbocycles. The van der Waals surface area contributed by atoms with Gasteiger partial charge >= 0.3 is 0 Å². The van der Waals surface area contributed by atoms with Crippen molar-refractivity contribution in [3.63, 3.8) is 0 Å². The van der Waals surface area contributed by atoms with Gasteiger partial charge in [-0.25, -0.2) is 0 Å². The molecular weight excluding hydrogens is 604 g/mol. The van der Waals surface area contributed by atoms with Crippen LogP contribution in [-0.4, -0.2) is 21.3 Å². The minimum absolute atomic E-state index is 0.816. The van der Waals surface area contributed by atoms with Crippen molar-refractivity contribution >= 4 is 66.4 Å². The van der Waals surface area contributed by atoms with E-state index in [1.54, 1.807) is 21.3 Å². The number of benzene rings is 8. The van der Waals surface area contributed by atoms with Crippen molar-refractivity contribution in [2.75, 3.05) is 31.1 Å². The van der Waals surface area contributed by atoms with Crippen LogP contribution < -0.4 is 24.0 Å². The van der Waals surface area contributed by atoms with Crippen LogP contribution in [0.4, 0.5) is 34.1 Å². The molecule has 0 heterocycles. The predicted molar refractivity (Wildman–Crippen MR) is 204 cm³/mol. The lowest BCUT2D eigenvalue weighted by molar-refractivity contribution is 0.414. The summed E-state index contributed by atoms with van der Waals surface area (Å²) in [5, 5.41) is 7.23. The Bertz CT molecular complexity index is 2340. The van der Waals surface area contributed by atoms with Gasteiger partial charge in [0.2, 0.25) is 0 Å². The van der Waals surface area contributed by atoms with Gasteiger partial charge in [-0.2, -0.15) is 0 Å². The number of methoxy groups -OCH3 is 3. The van der Waals surface area contributed by atoms with Crippen LogP contribution in [-0.2, 0) is 0 Å². The first kappa shape index (κ1) is 30.2. The average Bonchev–Trinajstić information content (AvgIpc) is 3.16. The van der Waals surface area contributed by atoms with E-state index in [1.807, 2.05) is 36.4 Å². The number of anilines is 6. The van der Waals surface area contributed by atoms with Crippen LogP contribution in [0.5, 0.6) is 17.2 Å². The molecule has 0 atom stereocenters. The molecule has 0 amide bonds. The molecule has 0 fully saturated rings. The van der Waals surface area contributed by atoms with Crippen LogP contribution in [0.25, 0.3) is 32.3 Å². The Hall–Kier alpha value is -6.20. The molecule has 0 aromatic heterocycles. The molecule has 0 radical (unpaired) electrons. The molecule has 0 bridgehead atoms. The van der Waals surface area contributed by atoms with Crippen molar-refractivity contribution in [1.29, 1.82) is 0 Å². The lowest BCUT2D eigenvalue weighted by Gasteiger charge is -2.29. The number of aryl methyl sites for hydroxylation is 1. The largest absolute Gasteiger partial charge is 0.497 e. The fourth-order valence-corrected chi connectivity index (χ4v) is 6.90. The van der Waals surface area contributed by atoms with Crippen molar-refractivity contribution in [2.45, 2.75) is 6.92 Å². The second-order valence-electron chi connectivity index (χ2n) is 12.2. The molecule has 5 nitrogen and oxygen atoms in total. The van der Waals surface area contributed by atoms with Gasteiger partial charge in [0.25, 0.3) is 0 Å². The lowest BCUT2D eigenvalue weighted by atomic mass is 9.91. The number of ether oxygens (including phenoxy) is 3. The molecule has 0 unspecified atom stereocenters. The maximum Gasteiger partial charge on any atom is 0.119 e. The molecule has 5 heteroatoms. The molecule has 8 aromatic carbocycles. The Morgan fingerprint density at radius 1 is 0.347 bits per heavy atom. The zero-order chi connectivity index (χ0) is 33.5. The lowest BCUT2D eigenvalue weighted by Crippen LogP contribution is -2.11. The molecule has 240 valence electrons. The Balaban J connectivity index is 1.37. The van der Waals surface area contributed by atoms with Crippen molar-refractivity contribution in [2.24, 2.45) is 0 Å². The predicted octanol–water partition coefficient (Wildman–Crippen LogP) is 11.9. The van der Waals surface area contributed by atoms with E-state index in [9.17, 15) is 0 Å². The number of rotatable bonds is 9. The Kier molecular flexibility index (Phi) is 7.65. The fraction of sp³-hybridized carbons (Fsp3) is 0.0909. The van der Waals surface area contributed by atoms with Crippen LogP contribution in [0.2, 0.25) is 0 Å². The summed E-state index contributed by atoms with van der Waals surface area (Å²) >= 11 is 0. The summed E-state index contributed by atoms with van der Waals surface area (Å²) in [6.07, 6.45) is 0. The van der Waals surface area contributed by atoms with Gasteiger partial charge in [-0.3, -0.25) is 0 Å². The topological polar surface area (TPSA) is 34.2 Å². The minimum atomic E-state index is 0.816. The van der Waals surface area contributed by atoms with Crippen molar-refractivity contribution < 1.29 is 14.2 Å². The Morgan fingerprint density at radius 2 is 0.653 bits per heavy atom. The third-order valence-electron chi connectivity index (χ3n) is 9.38. The summed E-state index contributed by atoms with van der Waals surface area (Å²) in [7, 11) is 5.09. The maximum atomic E-state index is 5.51. The SMILES string of the molecule is COc1ccc(N(c2ccc(C)cc2)c2ccc3ccc4c(N(c5ccc(OC)cc5)c5ccc(OC)cc5)ccc5ccc2c3c54)cc1. The highest BCUT2D eigenvalue weighted by molar-refractivity contribution is 6.28. The van der Waals surface area contributed by atoms with Crippen molar-refractivity contribution in [3.05, 3.63) is 151 Å². The highest BCUT2D eigenvalue weighted by Gasteiger charge is 2.22. The first-order valence-corrected chi connectivity index (χ1v) is 16.4. The first-order valence-electron chi connectivity index (χ1n) is 16.4. The van der Waals surface area contributed by atoms with E-state index in [0.29, 0.717) is 0 Å². The zero-order valence-electron chi connectivity index (χ0n) is 28.0. The average molecular weight is 641 g/mol. The highest BCUT2D eigenvalue weighted by Crippen LogP contribution is 2.47. The van der Waals surface area contributed by atoms with E-state index >= 15 is 0 Å². The number of hydrogen-bond acceptors (Lipinski definition) is 5. The van der Waals surface area contributed by atoms with Gasteiger partial charge in [0.15, 0.2) is 0 Å². The smallest absolute Gasteiger partial charge is 0.119 e. The number of nitrogens with zero attached hydrogens (tertiary/aromatic N) is 2. The van der Waals surface area contributed by atoms with Crippen LogP contribution in [0.3, 0.4) is 0 Å². The molecule has 0 aliphatic carbocycles. The standard InChI is InChI=1S/C44H36N2O3/c1-29-5-11-32(12-6-29)45(33-13-19-36(47-2)20-14-33)41-27-9-30-8-26-40-42(28-10-31-7-25-39(41)43(30)44(31)40)46(34-15-21-37(48-3)22-16-34)35-17-23-38(49-4)24-18-35/h5-28H,1-4H3. The third-order valence-corrected chi connectivity index (χ3v) is 9.38. The Morgan fingerprint density at radius 3 is 0.980 bits per heavy atom. The van der Waals surface area contributed by atoms with Gasteiger partial charge in [-0.1, -0.05) is 54.1 Å². The van der Waals surface area contributed by atoms with Gasteiger partial charge in [0.05, 0.1) is 32.7 Å². The molecule has 49 heavy (non-hydrogen) atoms.